The predicted molar refractivity (Wildman–Crippen MR) is 91.2 cm³/mol. The zero-order chi connectivity index (χ0) is 16.4. The standard InChI is InChI=1S/C19H22N4O/c24-18-11-17(16-4-2-8-21-13-16)19(22-18)5-9-23(10-6-19)14-15-3-1-7-20-12-15/h1-4,7-8,12-13,17H,5-6,9-11,14H2,(H,22,24). The Labute approximate surface area is 142 Å². The summed E-state index contributed by atoms with van der Waals surface area (Å²) in [6.45, 7) is 2.91. The molecule has 5 heteroatoms. The molecule has 2 saturated heterocycles. The Bertz CT molecular complexity index is 696. The highest BCUT2D eigenvalue weighted by molar-refractivity contribution is 5.81. The van der Waals surface area contributed by atoms with Crippen LogP contribution in [0.2, 0.25) is 0 Å². The molecule has 1 amide bonds. The minimum atomic E-state index is -0.106. The lowest BCUT2D eigenvalue weighted by Crippen LogP contribution is -2.53. The van der Waals surface area contributed by atoms with E-state index in [-0.39, 0.29) is 17.4 Å². The average Bonchev–Trinajstić information content (AvgIpc) is 2.95. The lowest BCUT2D eigenvalue weighted by atomic mass is 9.74. The van der Waals surface area contributed by atoms with Gasteiger partial charge < -0.3 is 5.32 Å². The van der Waals surface area contributed by atoms with Gasteiger partial charge in [-0.25, -0.2) is 0 Å². The first kappa shape index (κ1) is 15.3. The van der Waals surface area contributed by atoms with Crippen LogP contribution in [0, 0.1) is 0 Å². The maximum absolute atomic E-state index is 12.1. The van der Waals surface area contributed by atoms with Gasteiger partial charge in [-0.05, 0) is 36.1 Å². The second kappa shape index (κ2) is 6.32. The largest absolute Gasteiger partial charge is 0.350 e. The first-order valence-electron chi connectivity index (χ1n) is 8.57. The van der Waals surface area contributed by atoms with E-state index in [1.165, 1.54) is 11.1 Å². The zero-order valence-electron chi connectivity index (χ0n) is 13.7. The fraction of sp³-hybridized carbons (Fsp3) is 0.421. The van der Waals surface area contributed by atoms with Crippen LogP contribution in [0.1, 0.15) is 36.3 Å². The summed E-state index contributed by atoms with van der Waals surface area (Å²) in [5, 5.41) is 3.30. The summed E-state index contributed by atoms with van der Waals surface area (Å²) in [6, 6.07) is 8.16. The predicted octanol–water partition coefficient (Wildman–Crippen LogP) is 2.11. The van der Waals surface area contributed by atoms with Crippen LogP contribution in [0.4, 0.5) is 0 Å². The van der Waals surface area contributed by atoms with Crippen LogP contribution in [0.15, 0.2) is 49.1 Å². The lowest BCUT2D eigenvalue weighted by molar-refractivity contribution is -0.120. The summed E-state index contributed by atoms with van der Waals surface area (Å²) in [7, 11) is 0. The van der Waals surface area contributed by atoms with Gasteiger partial charge in [0.05, 0.1) is 0 Å². The average molecular weight is 322 g/mol. The van der Waals surface area contributed by atoms with Crippen LogP contribution < -0.4 is 5.32 Å². The molecule has 1 N–H and O–H groups in total. The summed E-state index contributed by atoms with van der Waals surface area (Å²) >= 11 is 0. The number of pyridine rings is 2. The van der Waals surface area contributed by atoms with E-state index in [0.29, 0.717) is 6.42 Å². The smallest absolute Gasteiger partial charge is 0.221 e. The van der Waals surface area contributed by atoms with Crippen LogP contribution in [-0.4, -0.2) is 39.4 Å². The van der Waals surface area contributed by atoms with Gasteiger partial charge in [0.2, 0.25) is 5.91 Å². The zero-order valence-corrected chi connectivity index (χ0v) is 13.7. The normalized spacial score (nSPS) is 23.3. The van der Waals surface area contributed by atoms with Gasteiger partial charge in [0.15, 0.2) is 0 Å². The first-order valence-corrected chi connectivity index (χ1v) is 8.57. The Balaban J connectivity index is 1.47. The number of amides is 1. The minimum Gasteiger partial charge on any atom is -0.350 e. The molecule has 0 saturated carbocycles. The molecule has 1 unspecified atom stereocenters. The van der Waals surface area contributed by atoms with Crippen molar-refractivity contribution in [1.82, 2.24) is 20.2 Å². The van der Waals surface area contributed by atoms with Crippen molar-refractivity contribution in [2.75, 3.05) is 13.1 Å². The van der Waals surface area contributed by atoms with E-state index >= 15 is 0 Å². The van der Waals surface area contributed by atoms with Gasteiger partial charge in [-0.2, -0.15) is 0 Å². The van der Waals surface area contributed by atoms with Crippen molar-refractivity contribution in [3.63, 3.8) is 0 Å². The molecule has 1 atom stereocenters. The van der Waals surface area contributed by atoms with E-state index in [0.717, 1.165) is 32.5 Å². The van der Waals surface area contributed by atoms with Crippen molar-refractivity contribution in [1.29, 1.82) is 0 Å². The molecule has 2 aliphatic rings. The lowest BCUT2D eigenvalue weighted by Gasteiger charge is -2.43. The van der Waals surface area contributed by atoms with Gasteiger partial charge in [-0.3, -0.25) is 19.7 Å². The quantitative estimate of drug-likeness (QED) is 0.940. The van der Waals surface area contributed by atoms with Gasteiger partial charge in [0.1, 0.15) is 0 Å². The summed E-state index contributed by atoms with van der Waals surface area (Å²) in [5.41, 5.74) is 2.32. The number of aromatic nitrogens is 2. The number of rotatable bonds is 3. The van der Waals surface area contributed by atoms with Gasteiger partial charge in [-0.1, -0.05) is 12.1 Å². The van der Waals surface area contributed by atoms with Crippen molar-refractivity contribution >= 4 is 5.91 Å². The maximum atomic E-state index is 12.1. The molecule has 1 spiro atoms. The van der Waals surface area contributed by atoms with Crippen LogP contribution in [0.5, 0.6) is 0 Å². The highest BCUT2D eigenvalue weighted by Gasteiger charge is 2.48. The third-order valence-electron chi connectivity index (χ3n) is 5.41. The van der Waals surface area contributed by atoms with E-state index in [1.54, 1.807) is 12.4 Å². The van der Waals surface area contributed by atoms with Crippen LogP contribution in [0.25, 0.3) is 0 Å². The Morgan fingerprint density at radius 3 is 2.54 bits per heavy atom. The van der Waals surface area contributed by atoms with Crippen LogP contribution >= 0.6 is 0 Å². The summed E-state index contributed by atoms with van der Waals surface area (Å²) in [4.78, 5) is 23.0. The second-order valence-corrected chi connectivity index (χ2v) is 6.88. The Hall–Kier alpha value is -2.27. The summed E-state index contributed by atoms with van der Waals surface area (Å²) in [6.07, 6.45) is 9.98. The number of carbonyl (C=O) groups is 1. The number of nitrogens with one attached hydrogen (secondary N) is 1. The number of hydrogen-bond acceptors (Lipinski definition) is 4. The molecule has 5 nitrogen and oxygen atoms in total. The molecular weight excluding hydrogens is 300 g/mol. The topological polar surface area (TPSA) is 58.1 Å². The molecule has 2 aromatic heterocycles. The van der Waals surface area contributed by atoms with Gasteiger partial charge in [0, 0.05) is 62.3 Å². The molecule has 0 bridgehead atoms. The third-order valence-corrected chi connectivity index (χ3v) is 5.41. The van der Waals surface area contributed by atoms with Gasteiger partial charge >= 0.3 is 0 Å². The van der Waals surface area contributed by atoms with Crippen LogP contribution in [0.3, 0.4) is 0 Å². The molecule has 0 radical (unpaired) electrons. The van der Waals surface area contributed by atoms with E-state index < -0.39 is 0 Å². The fourth-order valence-electron chi connectivity index (χ4n) is 4.15. The van der Waals surface area contributed by atoms with Crippen molar-refractivity contribution < 1.29 is 4.79 Å². The van der Waals surface area contributed by atoms with Gasteiger partial charge in [-0.15, -0.1) is 0 Å². The molecule has 0 aromatic carbocycles. The van der Waals surface area contributed by atoms with E-state index in [1.807, 2.05) is 24.5 Å². The number of hydrogen-bond donors (Lipinski definition) is 1. The number of piperidine rings is 1. The van der Waals surface area contributed by atoms with Crippen LogP contribution in [-0.2, 0) is 11.3 Å². The fourth-order valence-corrected chi connectivity index (χ4v) is 4.15. The van der Waals surface area contributed by atoms with Gasteiger partial charge in [0.25, 0.3) is 0 Å². The molecule has 0 aliphatic carbocycles. The van der Waals surface area contributed by atoms with E-state index in [9.17, 15) is 4.79 Å². The highest BCUT2D eigenvalue weighted by atomic mass is 16.2. The van der Waals surface area contributed by atoms with Crippen molar-refractivity contribution in [2.45, 2.75) is 37.3 Å². The molecule has 2 fully saturated rings. The molecule has 124 valence electrons. The highest BCUT2D eigenvalue weighted by Crippen LogP contribution is 2.43. The first-order chi connectivity index (χ1) is 11.8. The molecular formula is C19H22N4O. The van der Waals surface area contributed by atoms with Crippen molar-refractivity contribution in [3.05, 3.63) is 60.2 Å². The molecule has 2 aliphatic heterocycles. The minimum absolute atomic E-state index is 0.106. The molecule has 4 heterocycles. The van der Waals surface area contributed by atoms with Crippen molar-refractivity contribution in [2.24, 2.45) is 0 Å². The Morgan fingerprint density at radius 2 is 1.88 bits per heavy atom. The Morgan fingerprint density at radius 1 is 1.12 bits per heavy atom. The summed E-state index contributed by atoms with van der Waals surface area (Å²) < 4.78 is 0. The molecule has 2 aromatic rings. The molecule has 4 rings (SSSR count). The third kappa shape index (κ3) is 2.91. The second-order valence-electron chi connectivity index (χ2n) is 6.88. The van der Waals surface area contributed by atoms with E-state index in [4.69, 9.17) is 0 Å². The monoisotopic (exact) mass is 322 g/mol. The number of likely N-dealkylation sites (tertiary alicyclic amines) is 1. The number of carbonyl (C=O) groups excluding carboxylic acids is 1. The SMILES string of the molecule is O=C1CC(c2cccnc2)C2(CCN(Cc3cccnc3)CC2)N1. The van der Waals surface area contributed by atoms with E-state index in [2.05, 4.69) is 32.3 Å². The number of nitrogens with zero attached hydrogens (tertiary/aromatic N) is 3. The molecule has 24 heavy (non-hydrogen) atoms. The van der Waals surface area contributed by atoms with Crippen molar-refractivity contribution in [3.8, 4) is 0 Å². The summed E-state index contributed by atoms with van der Waals surface area (Å²) in [5.74, 6) is 0.406. The maximum Gasteiger partial charge on any atom is 0.221 e. The Kier molecular flexibility index (Phi) is 4.02.